The largest absolute Gasteiger partial charge is 0.443 e. The van der Waals surface area contributed by atoms with Crippen molar-refractivity contribution in [2.75, 3.05) is 43.0 Å². The van der Waals surface area contributed by atoms with E-state index in [0.29, 0.717) is 18.0 Å². The maximum atomic E-state index is 13.7. The molecule has 0 aliphatic carbocycles. The standard InChI is InChI=1S/C32H41IN6O2/c1-8-37(9-2)19-18-36(7)26-14-12-24(13-15-26)28-21-30(39-29(35-28)16-17-34-39)38(31(40)41-32(4,5)6)22-25-11-10-23(3)20-27(25)33/h10-17,20-21H,8-9,18-19,22H2,1-7H3. The predicted octanol–water partition coefficient (Wildman–Crippen LogP) is 7.03. The van der Waals surface area contributed by atoms with E-state index in [4.69, 9.17) is 9.72 Å². The summed E-state index contributed by atoms with van der Waals surface area (Å²) < 4.78 is 8.66. The Bertz CT molecular complexity index is 1470. The average Bonchev–Trinajstić information content (AvgIpc) is 3.41. The zero-order valence-electron chi connectivity index (χ0n) is 25.2. The van der Waals surface area contributed by atoms with Crippen molar-refractivity contribution < 1.29 is 9.53 Å². The number of nitrogens with zero attached hydrogens (tertiary/aromatic N) is 6. The first-order valence-electron chi connectivity index (χ1n) is 14.1. The van der Waals surface area contributed by atoms with E-state index >= 15 is 0 Å². The van der Waals surface area contributed by atoms with Gasteiger partial charge in [-0.3, -0.25) is 4.90 Å². The fourth-order valence-corrected chi connectivity index (χ4v) is 5.43. The summed E-state index contributed by atoms with van der Waals surface area (Å²) in [7, 11) is 2.12. The molecule has 0 saturated carbocycles. The third-order valence-corrected chi connectivity index (χ3v) is 8.02. The van der Waals surface area contributed by atoms with Gasteiger partial charge in [0.05, 0.1) is 18.4 Å². The molecule has 4 aromatic rings. The van der Waals surface area contributed by atoms with Crippen LogP contribution in [0.25, 0.3) is 16.9 Å². The monoisotopic (exact) mass is 668 g/mol. The number of amides is 1. The maximum absolute atomic E-state index is 13.7. The number of carbonyl (C=O) groups is 1. The Balaban J connectivity index is 1.70. The number of fused-ring (bicyclic) bond motifs is 1. The van der Waals surface area contributed by atoms with E-state index in [1.807, 2.05) is 32.9 Å². The number of ether oxygens (including phenoxy) is 1. The summed E-state index contributed by atoms with van der Waals surface area (Å²) in [5, 5.41) is 4.51. The number of likely N-dealkylation sites (N-methyl/N-ethyl adjacent to an activating group) is 2. The average molecular weight is 669 g/mol. The van der Waals surface area contributed by atoms with Crippen molar-refractivity contribution in [3.63, 3.8) is 0 Å². The number of rotatable bonds is 10. The molecule has 0 N–H and O–H groups in total. The fraction of sp³-hybridized carbons (Fsp3) is 0.406. The van der Waals surface area contributed by atoms with Crippen LogP contribution in [0.3, 0.4) is 0 Å². The quantitative estimate of drug-likeness (QED) is 0.169. The summed E-state index contributed by atoms with van der Waals surface area (Å²) in [6, 6.07) is 18.4. The van der Waals surface area contributed by atoms with Crippen molar-refractivity contribution in [2.45, 2.75) is 53.7 Å². The molecule has 8 nitrogen and oxygen atoms in total. The first-order chi connectivity index (χ1) is 19.5. The third-order valence-electron chi connectivity index (χ3n) is 7.02. The van der Waals surface area contributed by atoms with Crippen LogP contribution in [0, 0.1) is 10.5 Å². The van der Waals surface area contributed by atoms with Gasteiger partial charge in [0.2, 0.25) is 0 Å². The van der Waals surface area contributed by atoms with Gasteiger partial charge in [-0.25, -0.2) is 9.78 Å². The number of anilines is 2. The van der Waals surface area contributed by atoms with Crippen LogP contribution in [0.2, 0.25) is 0 Å². The summed E-state index contributed by atoms with van der Waals surface area (Å²) in [5.41, 5.74) is 5.08. The lowest BCUT2D eigenvalue weighted by atomic mass is 10.1. The smallest absolute Gasteiger partial charge is 0.416 e. The van der Waals surface area contributed by atoms with Gasteiger partial charge in [-0.1, -0.05) is 43.7 Å². The molecule has 2 aromatic heterocycles. The summed E-state index contributed by atoms with van der Waals surface area (Å²) in [5.74, 6) is 0.598. The van der Waals surface area contributed by atoms with E-state index in [1.165, 1.54) is 5.56 Å². The van der Waals surface area contributed by atoms with Gasteiger partial charge in [0, 0.05) is 47.1 Å². The highest BCUT2D eigenvalue weighted by molar-refractivity contribution is 14.1. The van der Waals surface area contributed by atoms with Crippen LogP contribution in [0.15, 0.2) is 60.8 Å². The number of benzene rings is 2. The molecule has 0 bridgehead atoms. The Kier molecular flexibility index (Phi) is 9.91. The molecule has 4 rings (SSSR count). The maximum Gasteiger partial charge on any atom is 0.416 e. The van der Waals surface area contributed by atoms with Crippen LogP contribution in [0.4, 0.5) is 16.3 Å². The highest BCUT2D eigenvalue weighted by atomic mass is 127. The van der Waals surface area contributed by atoms with E-state index in [-0.39, 0.29) is 0 Å². The first kappa shape index (κ1) is 30.8. The molecule has 41 heavy (non-hydrogen) atoms. The number of hydrogen-bond acceptors (Lipinski definition) is 6. The Hall–Kier alpha value is -3.18. The number of aromatic nitrogens is 3. The molecule has 0 fully saturated rings. The molecule has 2 heterocycles. The molecule has 0 aliphatic rings. The Morgan fingerprint density at radius 1 is 1.00 bits per heavy atom. The lowest BCUT2D eigenvalue weighted by molar-refractivity contribution is 0.0575. The van der Waals surface area contributed by atoms with Crippen LogP contribution in [0.5, 0.6) is 0 Å². The molecular formula is C32H41IN6O2. The van der Waals surface area contributed by atoms with Gasteiger partial charge in [0.15, 0.2) is 5.65 Å². The van der Waals surface area contributed by atoms with Crippen LogP contribution in [0.1, 0.15) is 45.7 Å². The molecule has 0 aliphatic heterocycles. The molecule has 218 valence electrons. The highest BCUT2D eigenvalue weighted by Gasteiger charge is 2.27. The number of carbonyl (C=O) groups excluding carboxylic acids is 1. The van der Waals surface area contributed by atoms with Crippen molar-refractivity contribution in [1.29, 1.82) is 0 Å². The fourth-order valence-electron chi connectivity index (χ4n) is 4.59. The second kappa shape index (κ2) is 13.2. The van der Waals surface area contributed by atoms with Crippen molar-refractivity contribution >= 4 is 45.8 Å². The van der Waals surface area contributed by atoms with E-state index < -0.39 is 11.7 Å². The van der Waals surface area contributed by atoms with E-state index in [2.05, 4.69) is 108 Å². The summed E-state index contributed by atoms with van der Waals surface area (Å²) in [4.78, 5) is 24.9. The molecule has 1 amide bonds. The minimum atomic E-state index is -0.651. The number of hydrogen-bond donors (Lipinski definition) is 0. The van der Waals surface area contributed by atoms with Crippen LogP contribution < -0.4 is 9.80 Å². The van der Waals surface area contributed by atoms with Crippen LogP contribution in [-0.4, -0.2) is 64.4 Å². The SMILES string of the molecule is CCN(CC)CCN(C)c1ccc(-c2cc(N(Cc3ccc(C)cc3I)C(=O)OC(C)(C)C)n3nccc3n2)cc1. The second-order valence-electron chi connectivity index (χ2n) is 11.3. The van der Waals surface area contributed by atoms with Gasteiger partial charge in [-0.15, -0.1) is 0 Å². The van der Waals surface area contributed by atoms with Crippen LogP contribution in [-0.2, 0) is 11.3 Å². The molecule has 2 aromatic carbocycles. The normalized spacial score (nSPS) is 11.7. The van der Waals surface area contributed by atoms with E-state index in [0.717, 1.165) is 52.3 Å². The van der Waals surface area contributed by atoms with Crippen molar-refractivity contribution in [3.8, 4) is 11.3 Å². The number of aryl methyl sites for hydroxylation is 1. The Morgan fingerprint density at radius 3 is 2.34 bits per heavy atom. The van der Waals surface area contributed by atoms with Crippen molar-refractivity contribution in [3.05, 3.63) is 75.5 Å². The minimum absolute atomic E-state index is 0.335. The lowest BCUT2D eigenvalue weighted by Gasteiger charge is -2.28. The summed E-state index contributed by atoms with van der Waals surface area (Å²) >= 11 is 2.32. The molecule has 0 unspecified atom stereocenters. The van der Waals surface area contributed by atoms with Crippen molar-refractivity contribution in [2.24, 2.45) is 0 Å². The molecular weight excluding hydrogens is 627 g/mol. The van der Waals surface area contributed by atoms with Gasteiger partial charge in [0.25, 0.3) is 0 Å². The number of halogens is 1. The highest BCUT2D eigenvalue weighted by Crippen LogP contribution is 2.29. The Morgan fingerprint density at radius 2 is 1.71 bits per heavy atom. The van der Waals surface area contributed by atoms with Gasteiger partial charge >= 0.3 is 6.09 Å². The second-order valence-corrected chi connectivity index (χ2v) is 12.4. The molecule has 0 spiro atoms. The predicted molar refractivity (Wildman–Crippen MR) is 176 cm³/mol. The first-order valence-corrected chi connectivity index (χ1v) is 15.2. The molecule has 0 saturated heterocycles. The molecule has 9 heteroatoms. The zero-order valence-corrected chi connectivity index (χ0v) is 27.3. The minimum Gasteiger partial charge on any atom is -0.443 e. The van der Waals surface area contributed by atoms with E-state index in [1.54, 1.807) is 15.6 Å². The van der Waals surface area contributed by atoms with Gasteiger partial charge in [-0.2, -0.15) is 9.61 Å². The van der Waals surface area contributed by atoms with E-state index in [9.17, 15) is 4.79 Å². The summed E-state index contributed by atoms with van der Waals surface area (Å²) in [6.45, 7) is 16.5. The zero-order chi connectivity index (χ0) is 29.7. The molecule has 0 radical (unpaired) electrons. The Labute approximate surface area is 257 Å². The van der Waals surface area contributed by atoms with Crippen LogP contribution >= 0.6 is 22.6 Å². The van der Waals surface area contributed by atoms with Crippen molar-refractivity contribution in [1.82, 2.24) is 19.5 Å². The summed E-state index contributed by atoms with van der Waals surface area (Å²) in [6.07, 6.45) is 1.26. The van der Waals surface area contributed by atoms with Gasteiger partial charge in [-0.05, 0) is 87.1 Å². The van der Waals surface area contributed by atoms with Gasteiger partial charge < -0.3 is 14.5 Å². The third kappa shape index (κ3) is 7.77. The lowest BCUT2D eigenvalue weighted by Crippen LogP contribution is -2.37. The topological polar surface area (TPSA) is 66.2 Å². The van der Waals surface area contributed by atoms with Gasteiger partial charge in [0.1, 0.15) is 11.4 Å². The molecule has 0 atom stereocenters.